The van der Waals surface area contributed by atoms with Crippen molar-refractivity contribution in [3.05, 3.63) is 29.3 Å². The second kappa shape index (κ2) is 5.71. The van der Waals surface area contributed by atoms with Crippen molar-refractivity contribution >= 4 is 21.8 Å². The molecule has 18 heavy (non-hydrogen) atoms. The SMILES string of the molecule is Cc1c(O)cccc1C(=O)N1CCOCC1CBr. The second-order valence-corrected chi connectivity index (χ2v) is 4.98. The van der Waals surface area contributed by atoms with E-state index in [-0.39, 0.29) is 17.7 Å². The van der Waals surface area contributed by atoms with Crippen LogP contribution in [0.2, 0.25) is 0 Å². The summed E-state index contributed by atoms with van der Waals surface area (Å²) < 4.78 is 5.37. The van der Waals surface area contributed by atoms with E-state index in [0.717, 1.165) is 0 Å². The van der Waals surface area contributed by atoms with Gasteiger partial charge in [0.05, 0.1) is 19.3 Å². The fourth-order valence-electron chi connectivity index (χ4n) is 2.06. The van der Waals surface area contributed by atoms with E-state index in [9.17, 15) is 9.90 Å². The average molecular weight is 314 g/mol. The number of benzene rings is 1. The number of carbonyl (C=O) groups excluding carboxylic acids is 1. The summed E-state index contributed by atoms with van der Waals surface area (Å²) >= 11 is 3.40. The van der Waals surface area contributed by atoms with E-state index in [1.165, 1.54) is 0 Å². The molecule has 1 aromatic rings. The van der Waals surface area contributed by atoms with E-state index in [0.29, 0.717) is 36.2 Å². The lowest BCUT2D eigenvalue weighted by Gasteiger charge is -2.35. The minimum absolute atomic E-state index is 0.0452. The van der Waals surface area contributed by atoms with Gasteiger partial charge in [0.25, 0.3) is 5.91 Å². The molecule has 1 atom stereocenters. The highest BCUT2D eigenvalue weighted by molar-refractivity contribution is 9.09. The number of halogens is 1. The number of hydrogen-bond donors (Lipinski definition) is 1. The molecule has 0 aliphatic carbocycles. The number of hydrogen-bond acceptors (Lipinski definition) is 3. The molecular formula is C13H16BrNO3. The maximum absolute atomic E-state index is 12.5. The van der Waals surface area contributed by atoms with Crippen molar-refractivity contribution in [2.24, 2.45) is 0 Å². The number of carbonyl (C=O) groups is 1. The summed E-state index contributed by atoms with van der Waals surface area (Å²) in [5.74, 6) is 0.112. The zero-order chi connectivity index (χ0) is 13.1. The third kappa shape index (κ3) is 2.52. The van der Waals surface area contributed by atoms with Gasteiger partial charge in [0.15, 0.2) is 0 Å². The number of phenols is 1. The summed E-state index contributed by atoms with van der Waals surface area (Å²) in [6.45, 7) is 3.46. The summed E-state index contributed by atoms with van der Waals surface area (Å²) in [6.07, 6.45) is 0. The van der Waals surface area contributed by atoms with Crippen molar-refractivity contribution in [2.45, 2.75) is 13.0 Å². The molecule has 1 aromatic carbocycles. The zero-order valence-corrected chi connectivity index (χ0v) is 11.8. The Kier molecular flexibility index (Phi) is 4.24. The van der Waals surface area contributed by atoms with E-state index >= 15 is 0 Å². The van der Waals surface area contributed by atoms with Crippen LogP contribution in [0.15, 0.2) is 18.2 Å². The normalized spacial score (nSPS) is 19.9. The van der Waals surface area contributed by atoms with E-state index < -0.39 is 0 Å². The fraction of sp³-hybridized carbons (Fsp3) is 0.462. The van der Waals surface area contributed by atoms with Gasteiger partial charge in [-0.25, -0.2) is 0 Å². The molecule has 0 aromatic heterocycles. The van der Waals surface area contributed by atoms with Crippen molar-refractivity contribution in [2.75, 3.05) is 25.1 Å². The van der Waals surface area contributed by atoms with Crippen molar-refractivity contribution in [1.82, 2.24) is 4.90 Å². The summed E-state index contributed by atoms with van der Waals surface area (Å²) in [7, 11) is 0. The Morgan fingerprint density at radius 2 is 2.39 bits per heavy atom. The number of amides is 1. The molecule has 98 valence electrons. The minimum atomic E-state index is -0.0452. The van der Waals surface area contributed by atoms with Crippen LogP contribution in [0.25, 0.3) is 0 Å². The topological polar surface area (TPSA) is 49.8 Å². The monoisotopic (exact) mass is 313 g/mol. The molecule has 1 N–H and O–H groups in total. The Morgan fingerprint density at radius 3 is 3.11 bits per heavy atom. The summed E-state index contributed by atoms with van der Waals surface area (Å²) in [4.78, 5) is 14.3. The molecule has 1 unspecified atom stereocenters. The Morgan fingerprint density at radius 1 is 1.61 bits per heavy atom. The van der Waals surface area contributed by atoms with Crippen molar-refractivity contribution < 1.29 is 14.6 Å². The second-order valence-electron chi connectivity index (χ2n) is 4.33. The fourth-order valence-corrected chi connectivity index (χ4v) is 2.60. The highest BCUT2D eigenvalue weighted by Gasteiger charge is 2.28. The van der Waals surface area contributed by atoms with Crippen LogP contribution in [-0.4, -0.2) is 47.0 Å². The molecule has 0 saturated carbocycles. The molecule has 0 radical (unpaired) electrons. The number of nitrogens with zero attached hydrogens (tertiary/aromatic N) is 1. The first-order valence-corrected chi connectivity index (χ1v) is 7.00. The van der Waals surface area contributed by atoms with Crippen LogP contribution in [0, 0.1) is 6.92 Å². The van der Waals surface area contributed by atoms with Gasteiger partial charge in [0, 0.05) is 23.0 Å². The van der Waals surface area contributed by atoms with Crippen LogP contribution in [-0.2, 0) is 4.74 Å². The van der Waals surface area contributed by atoms with Gasteiger partial charge in [-0.2, -0.15) is 0 Å². The van der Waals surface area contributed by atoms with Gasteiger partial charge >= 0.3 is 0 Å². The predicted octanol–water partition coefficient (Wildman–Crippen LogP) is 1.94. The molecule has 4 nitrogen and oxygen atoms in total. The summed E-state index contributed by atoms with van der Waals surface area (Å²) in [5.41, 5.74) is 1.19. The van der Waals surface area contributed by atoms with Gasteiger partial charge < -0.3 is 14.7 Å². The van der Waals surface area contributed by atoms with Crippen molar-refractivity contribution in [3.63, 3.8) is 0 Å². The highest BCUT2D eigenvalue weighted by Crippen LogP contribution is 2.22. The average Bonchev–Trinajstić information content (AvgIpc) is 2.41. The Bertz CT molecular complexity index is 450. The molecule has 1 saturated heterocycles. The van der Waals surface area contributed by atoms with E-state index in [1.54, 1.807) is 30.0 Å². The largest absolute Gasteiger partial charge is 0.508 e. The molecule has 1 aliphatic heterocycles. The molecule has 0 spiro atoms. The Labute approximate surface area is 115 Å². The van der Waals surface area contributed by atoms with E-state index in [1.807, 2.05) is 0 Å². The smallest absolute Gasteiger partial charge is 0.254 e. The van der Waals surface area contributed by atoms with Crippen LogP contribution in [0.4, 0.5) is 0 Å². The zero-order valence-electron chi connectivity index (χ0n) is 10.2. The van der Waals surface area contributed by atoms with Gasteiger partial charge in [-0.3, -0.25) is 4.79 Å². The van der Waals surface area contributed by atoms with Crippen molar-refractivity contribution in [3.8, 4) is 5.75 Å². The lowest BCUT2D eigenvalue weighted by Crippen LogP contribution is -2.49. The van der Waals surface area contributed by atoms with Gasteiger partial charge in [0.1, 0.15) is 5.75 Å². The molecule has 1 amide bonds. The van der Waals surface area contributed by atoms with E-state index in [4.69, 9.17) is 4.74 Å². The first-order valence-electron chi connectivity index (χ1n) is 5.88. The summed E-state index contributed by atoms with van der Waals surface area (Å²) in [5, 5.41) is 10.4. The number of ether oxygens (including phenoxy) is 1. The quantitative estimate of drug-likeness (QED) is 0.849. The minimum Gasteiger partial charge on any atom is -0.508 e. The van der Waals surface area contributed by atoms with Crippen LogP contribution < -0.4 is 0 Å². The molecule has 1 fully saturated rings. The maximum atomic E-state index is 12.5. The van der Waals surface area contributed by atoms with Crippen LogP contribution in [0.1, 0.15) is 15.9 Å². The lowest BCUT2D eigenvalue weighted by atomic mass is 10.1. The third-order valence-corrected chi connectivity index (χ3v) is 3.95. The van der Waals surface area contributed by atoms with E-state index in [2.05, 4.69) is 15.9 Å². The number of morpholine rings is 1. The number of rotatable bonds is 2. The van der Waals surface area contributed by atoms with Gasteiger partial charge in [-0.05, 0) is 19.1 Å². The molecular weight excluding hydrogens is 298 g/mol. The van der Waals surface area contributed by atoms with Gasteiger partial charge in [0.2, 0.25) is 0 Å². The Hall–Kier alpha value is -1.07. The molecule has 1 aliphatic rings. The predicted molar refractivity (Wildman–Crippen MR) is 72.3 cm³/mol. The maximum Gasteiger partial charge on any atom is 0.254 e. The number of alkyl halides is 1. The summed E-state index contributed by atoms with van der Waals surface area (Å²) in [6, 6.07) is 5.08. The van der Waals surface area contributed by atoms with Gasteiger partial charge in [-0.1, -0.05) is 22.0 Å². The highest BCUT2D eigenvalue weighted by atomic mass is 79.9. The van der Waals surface area contributed by atoms with Crippen molar-refractivity contribution in [1.29, 1.82) is 0 Å². The van der Waals surface area contributed by atoms with Crippen LogP contribution >= 0.6 is 15.9 Å². The van der Waals surface area contributed by atoms with Crippen LogP contribution in [0.5, 0.6) is 5.75 Å². The molecule has 0 bridgehead atoms. The standard InChI is InChI=1S/C13H16BrNO3/c1-9-11(3-2-4-12(9)16)13(17)15-5-6-18-8-10(15)7-14/h2-4,10,16H,5-8H2,1H3. The lowest BCUT2D eigenvalue weighted by molar-refractivity contribution is 0.00519. The first-order chi connectivity index (χ1) is 8.65. The van der Waals surface area contributed by atoms with Crippen LogP contribution in [0.3, 0.4) is 0 Å². The molecule has 2 rings (SSSR count). The Balaban J connectivity index is 2.27. The number of aromatic hydroxyl groups is 1. The number of phenolic OH excluding ortho intramolecular Hbond substituents is 1. The molecule has 5 heteroatoms. The first kappa shape index (κ1) is 13.4. The third-order valence-electron chi connectivity index (χ3n) is 3.20. The molecule has 1 heterocycles. The van der Waals surface area contributed by atoms with Gasteiger partial charge in [-0.15, -0.1) is 0 Å².